The Morgan fingerprint density at radius 3 is 2.30 bits per heavy atom. The topological polar surface area (TPSA) is 35.6 Å². The van der Waals surface area contributed by atoms with E-state index in [1.54, 1.807) is 0 Å². The predicted octanol–water partition coefficient (Wildman–Crippen LogP) is 1.91. The van der Waals surface area contributed by atoms with E-state index < -0.39 is 0 Å². The van der Waals surface area contributed by atoms with Crippen molar-refractivity contribution in [1.29, 1.82) is 0 Å². The highest BCUT2D eigenvalue weighted by atomic mass is 16.2. The molecule has 4 heteroatoms. The summed E-state index contributed by atoms with van der Waals surface area (Å²) in [4.78, 5) is 17.2. The Morgan fingerprint density at radius 1 is 1.10 bits per heavy atom. The number of nitrogens with zero attached hydrogens (tertiary/aromatic N) is 2. The summed E-state index contributed by atoms with van der Waals surface area (Å²) >= 11 is 0. The molecule has 2 unspecified atom stereocenters. The molecule has 2 saturated heterocycles. The quantitative estimate of drug-likeness (QED) is 0.808. The molecule has 0 radical (unpaired) electrons. The minimum Gasteiger partial charge on any atom is -0.325 e. The van der Waals surface area contributed by atoms with Gasteiger partial charge in [-0.3, -0.25) is 10.1 Å². The molecule has 0 aromatic carbocycles. The highest BCUT2D eigenvalue weighted by Gasteiger charge is 2.40. The SMILES string of the molecule is CC(C)C1NC(C(C)C)N(CCCN2CCCC2)C1=O. The summed E-state index contributed by atoms with van der Waals surface area (Å²) in [5, 5.41) is 3.53. The molecule has 2 aliphatic rings. The van der Waals surface area contributed by atoms with Crippen LogP contribution in [0.5, 0.6) is 0 Å². The van der Waals surface area contributed by atoms with Gasteiger partial charge in [-0.2, -0.15) is 0 Å². The number of likely N-dealkylation sites (tertiary alicyclic amines) is 1. The maximum atomic E-state index is 12.5. The van der Waals surface area contributed by atoms with Gasteiger partial charge >= 0.3 is 0 Å². The van der Waals surface area contributed by atoms with Crippen molar-refractivity contribution in [2.24, 2.45) is 11.8 Å². The smallest absolute Gasteiger partial charge is 0.241 e. The molecule has 0 spiro atoms. The molecule has 4 nitrogen and oxygen atoms in total. The van der Waals surface area contributed by atoms with Crippen LogP contribution in [0.25, 0.3) is 0 Å². The molecular formula is C16H31N3O. The van der Waals surface area contributed by atoms with Crippen LogP contribution < -0.4 is 5.32 Å². The van der Waals surface area contributed by atoms with Gasteiger partial charge in [0.15, 0.2) is 0 Å². The summed E-state index contributed by atoms with van der Waals surface area (Å²) in [6.07, 6.45) is 4.00. The van der Waals surface area contributed by atoms with Crippen LogP contribution >= 0.6 is 0 Å². The molecule has 2 fully saturated rings. The summed E-state index contributed by atoms with van der Waals surface area (Å²) < 4.78 is 0. The molecule has 1 amide bonds. The molecule has 2 atom stereocenters. The molecule has 2 aliphatic heterocycles. The Labute approximate surface area is 123 Å². The lowest BCUT2D eigenvalue weighted by Gasteiger charge is -2.28. The molecule has 0 aromatic rings. The Kier molecular flexibility index (Phi) is 5.44. The van der Waals surface area contributed by atoms with Crippen LogP contribution in [-0.2, 0) is 4.79 Å². The Balaban J connectivity index is 1.87. The van der Waals surface area contributed by atoms with E-state index in [2.05, 4.69) is 42.8 Å². The molecular weight excluding hydrogens is 250 g/mol. The van der Waals surface area contributed by atoms with Crippen LogP contribution in [0.15, 0.2) is 0 Å². The highest BCUT2D eigenvalue weighted by molar-refractivity contribution is 5.84. The van der Waals surface area contributed by atoms with Gasteiger partial charge in [0.25, 0.3) is 0 Å². The molecule has 20 heavy (non-hydrogen) atoms. The second kappa shape index (κ2) is 6.90. The minimum atomic E-state index is 0.00851. The van der Waals surface area contributed by atoms with E-state index in [0.717, 1.165) is 19.5 Å². The van der Waals surface area contributed by atoms with E-state index in [9.17, 15) is 4.79 Å². The van der Waals surface area contributed by atoms with Gasteiger partial charge in [0.2, 0.25) is 5.91 Å². The second-order valence-corrected chi connectivity index (χ2v) is 7.01. The minimum absolute atomic E-state index is 0.00851. The van der Waals surface area contributed by atoms with Crippen molar-refractivity contribution in [3.05, 3.63) is 0 Å². The summed E-state index contributed by atoms with van der Waals surface area (Å²) in [7, 11) is 0. The average Bonchev–Trinajstić information content (AvgIpc) is 2.98. The Bertz CT molecular complexity index is 324. The predicted molar refractivity (Wildman–Crippen MR) is 82.4 cm³/mol. The van der Waals surface area contributed by atoms with E-state index in [-0.39, 0.29) is 12.2 Å². The van der Waals surface area contributed by atoms with Gasteiger partial charge in [0, 0.05) is 6.54 Å². The van der Waals surface area contributed by atoms with Gasteiger partial charge < -0.3 is 9.80 Å². The first kappa shape index (κ1) is 15.8. The molecule has 1 N–H and O–H groups in total. The van der Waals surface area contributed by atoms with Crippen LogP contribution in [0, 0.1) is 11.8 Å². The van der Waals surface area contributed by atoms with Gasteiger partial charge in [-0.25, -0.2) is 0 Å². The third kappa shape index (κ3) is 3.53. The van der Waals surface area contributed by atoms with Crippen molar-refractivity contribution in [3.63, 3.8) is 0 Å². The van der Waals surface area contributed by atoms with Crippen molar-refractivity contribution < 1.29 is 4.79 Å². The monoisotopic (exact) mass is 281 g/mol. The van der Waals surface area contributed by atoms with Crippen molar-refractivity contribution in [2.75, 3.05) is 26.2 Å². The first-order valence-corrected chi connectivity index (χ1v) is 8.29. The van der Waals surface area contributed by atoms with Crippen molar-refractivity contribution in [2.45, 2.75) is 59.2 Å². The highest BCUT2D eigenvalue weighted by Crippen LogP contribution is 2.22. The van der Waals surface area contributed by atoms with E-state index >= 15 is 0 Å². The molecule has 0 bridgehead atoms. The number of hydrogen-bond donors (Lipinski definition) is 1. The van der Waals surface area contributed by atoms with Gasteiger partial charge in [0.1, 0.15) is 0 Å². The zero-order valence-corrected chi connectivity index (χ0v) is 13.6. The normalized spacial score (nSPS) is 28.3. The fourth-order valence-electron chi connectivity index (χ4n) is 3.41. The maximum absolute atomic E-state index is 12.5. The molecule has 116 valence electrons. The fraction of sp³-hybridized carbons (Fsp3) is 0.938. The third-order valence-corrected chi connectivity index (χ3v) is 4.61. The van der Waals surface area contributed by atoms with Crippen molar-refractivity contribution in [3.8, 4) is 0 Å². The number of rotatable bonds is 6. The lowest BCUT2D eigenvalue weighted by atomic mass is 10.0. The largest absolute Gasteiger partial charge is 0.325 e. The van der Waals surface area contributed by atoms with E-state index in [4.69, 9.17) is 0 Å². The van der Waals surface area contributed by atoms with E-state index in [1.165, 1.54) is 25.9 Å². The Morgan fingerprint density at radius 2 is 1.75 bits per heavy atom. The van der Waals surface area contributed by atoms with Gasteiger partial charge in [0.05, 0.1) is 12.2 Å². The van der Waals surface area contributed by atoms with Crippen LogP contribution in [0.3, 0.4) is 0 Å². The number of carbonyl (C=O) groups excluding carboxylic acids is 1. The van der Waals surface area contributed by atoms with Crippen LogP contribution in [-0.4, -0.2) is 54.1 Å². The first-order chi connectivity index (χ1) is 9.50. The third-order valence-electron chi connectivity index (χ3n) is 4.61. The number of amides is 1. The summed E-state index contributed by atoms with van der Waals surface area (Å²) in [6, 6.07) is 0.00851. The first-order valence-electron chi connectivity index (χ1n) is 8.29. The molecule has 0 aliphatic carbocycles. The number of hydrogen-bond acceptors (Lipinski definition) is 3. The maximum Gasteiger partial charge on any atom is 0.241 e. The summed E-state index contributed by atoms with van der Waals surface area (Å²) in [6.45, 7) is 13.2. The zero-order valence-electron chi connectivity index (χ0n) is 13.6. The zero-order chi connectivity index (χ0) is 14.7. The van der Waals surface area contributed by atoms with E-state index in [1.807, 2.05) is 0 Å². The molecule has 0 aromatic heterocycles. The fourth-order valence-corrected chi connectivity index (χ4v) is 3.41. The molecule has 0 saturated carbocycles. The summed E-state index contributed by atoms with van der Waals surface area (Å²) in [5.74, 6) is 1.14. The van der Waals surface area contributed by atoms with Gasteiger partial charge in [-0.05, 0) is 50.7 Å². The van der Waals surface area contributed by atoms with Crippen LogP contribution in [0.4, 0.5) is 0 Å². The second-order valence-electron chi connectivity index (χ2n) is 7.01. The van der Waals surface area contributed by atoms with Gasteiger partial charge in [-0.15, -0.1) is 0 Å². The molecule has 2 rings (SSSR count). The average molecular weight is 281 g/mol. The lowest BCUT2D eigenvalue weighted by Crippen LogP contribution is -2.42. The van der Waals surface area contributed by atoms with Crippen molar-refractivity contribution in [1.82, 2.24) is 15.1 Å². The summed E-state index contributed by atoms with van der Waals surface area (Å²) in [5.41, 5.74) is 0. The van der Waals surface area contributed by atoms with E-state index in [0.29, 0.717) is 17.7 Å². The lowest BCUT2D eigenvalue weighted by molar-refractivity contribution is -0.131. The number of nitrogens with one attached hydrogen (secondary N) is 1. The van der Waals surface area contributed by atoms with Crippen LogP contribution in [0.1, 0.15) is 47.0 Å². The number of carbonyl (C=O) groups is 1. The standard InChI is InChI=1S/C16H31N3O/c1-12(2)14-16(20)19(15(17-14)13(3)4)11-7-10-18-8-5-6-9-18/h12-15,17H,5-11H2,1-4H3. The van der Waals surface area contributed by atoms with Crippen LogP contribution in [0.2, 0.25) is 0 Å². The van der Waals surface area contributed by atoms with Crippen molar-refractivity contribution >= 4 is 5.91 Å². The van der Waals surface area contributed by atoms with Gasteiger partial charge in [-0.1, -0.05) is 27.7 Å². The Hall–Kier alpha value is -0.610. The molecule has 2 heterocycles.